The molecule has 1 N–H and O–H groups in total. The zero-order chi connectivity index (χ0) is 21.7. The molecule has 7 heteroatoms. The van der Waals surface area contributed by atoms with Crippen molar-refractivity contribution in [2.45, 2.75) is 27.2 Å². The molecule has 0 aliphatic rings. The number of hydrazone groups is 1. The Bertz CT molecular complexity index is 1070. The Hall–Kier alpha value is -2.76. The number of carbonyl (C=O) groups excluding carboxylic acids is 1. The van der Waals surface area contributed by atoms with Crippen molar-refractivity contribution in [2.75, 3.05) is 6.61 Å². The van der Waals surface area contributed by atoms with Crippen LogP contribution in [0.2, 0.25) is 10.0 Å². The Labute approximate surface area is 186 Å². The third kappa shape index (κ3) is 4.86. The molecule has 0 atom stereocenters. The van der Waals surface area contributed by atoms with Gasteiger partial charge >= 0.3 is 0 Å². The highest BCUT2D eigenvalue weighted by molar-refractivity contribution is 6.43. The predicted octanol–water partition coefficient (Wildman–Crippen LogP) is 5.95. The number of nitrogens with one attached hydrogen (secondary N) is 1. The van der Waals surface area contributed by atoms with Gasteiger partial charge in [-0.1, -0.05) is 36.2 Å². The van der Waals surface area contributed by atoms with E-state index >= 15 is 0 Å². The Morgan fingerprint density at radius 3 is 2.60 bits per heavy atom. The molecule has 0 radical (unpaired) electrons. The van der Waals surface area contributed by atoms with E-state index in [1.165, 1.54) is 0 Å². The summed E-state index contributed by atoms with van der Waals surface area (Å²) >= 11 is 12.5. The number of aryl methyl sites for hydroxylation is 1. The van der Waals surface area contributed by atoms with Crippen LogP contribution in [0.25, 0.3) is 5.69 Å². The first-order valence-corrected chi connectivity index (χ1v) is 10.4. The highest BCUT2D eigenvalue weighted by Crippen LogP contribution is 2.31. The summed E-state index contributed by atoms with van der Waals surface area (Å²) in [7, 11) is 0. The molecule has 0 aliphatic carbocycles. The van der Waals surface area contributed by atoms with E-state index in [-0.39, 0.29) is 5.91 Å². The molecule has 0 saturated carbocycles. The summed E-state index contributed by atoms with van der Waals surface area (Å²) in [5.74, 6) is 0.448. The number of nitrogens with zero attached hydrogens (tertiary/aromatic N) is 2. The van der Waals surface area contributed by atoms with Gasteiger partial charge in [-0.25, -0.2) is 5.43 Å². The van der Waals surface area contributed by atoms with Crippen LogP contribution >= 0.6 is 23.2 Å². The lowest BCUT2D eigenvalue weighted by Gasteiger charge is -2.12. The predicted molar refractivity (Wildman–Crippen MR) is 123 cm³/mol. The minimum atomic E-state index is -0.292. The van der Waals surface area contributed by atoms with Crippen LogP contribution in [0.3, 0.4) is 0 Å². The van der Waals surface area contributed by atoms with Gasteiger partial charge < -0.3 is 9.30 Å². The molecule has 1 heterocycles. The van der Waals surface area contributed by atoms with Crippen molar-refractivity contribution in [3.05, 3.63) is 81.1 Å². The topological polar surface area (TPSA) is 55.6 Å². The van der Waals surface area contributed by atoms with E-state index in [1.807, 2.05) is 43.5 Å². The van der Waals surface area contributed by atoms with Gasteiger partial charge in [-0.05, 0) is 62.7 Å². The molecular formula is C23H23Cl2N3O2. The van der Waals surface area contributed by atoms with Gasteiger partial charge in [0, 0.05) is 22.5 Å². The van der Waals surface area contributed by atoms with Gasteiger partial charge in [-0.3, -0.25) is 4.79 Å². The van der Waals surface area contributed by atoms with Gasteiger partial charge in [0.15, 0.2) is 0 Å². The fourth-order valence-electron chi connectivity index (χ4n) is 3.10. The second kappa shape index (κ2) is 9.83. The number of hydrogen-bond acceptors (Lipinski definition) is 3. The molecule has 0 unspecified atom stereocenters. The van der Waals surface area contributed by atoms with Crippen LogP contribution in [0.1, 0.15) is 40.7 Å². The molecule has 0 saturated heterocycles. The van der Waals surface area contributed by atoms with Gasteiger partial charge in [-0.2, -0.15) is 5.10 Å². The Morgan fingerprint density at radius 1 is 1.17 bits per heavy atom. The highest BCUT2D eigenvalue weighted by Gasteiger charge is 2.13. The van der Waals surface area contributed by atoms with E-state index < -0.39 is 0 Å². The maximum Gasteiger partial charge on any atom is 0.271 e. The molecule has 5 nitrogen and oxygen atoms in total. The first-order valence-electron chi connectivity index (χ1n) is 9.62. The number of rotatable bonds is 7. The summed E-state index contributed by atoms with van der Waals surface area (Å²) in [6.07, 6.45) is 2.55. The first-order chi connectivity index (χ1) is 14.4. The van der Waals surface area contributed by atoms with Gasteiger partial charge in [0.2, 0.25) is 0 Å². The first kappa shape index (κ1) is 21.9. The monoisotopic (exact) mass is 443 g/mol. The number of aromatic nitrogens is 1. The standard InChI is InChI=1S/C23H23Cl2N3O2/c1-4-12-30-19-10-8-17(9-11-19)23(29)27-26-14-18-13-15(2)28(16(18)3)21-7-5-6-20(24)22(21)25/h5-11,13-14H,4,12H2,1-3H3,(H,27,29)/b26-14+. The molecule has 3 rings (SSSR count). The van der Waals surface area contributed by atoms with E-state index in [0.29, 0.717) is 22.2 Å². The van der Waals surface area contributed by atoms with Crippen molar-refractivity contribution >= 4 is 35.3 Å². The van der Waals surface area contributed by atoms with Gasteiger partial charge in [0.05, 0.1) is 28.6 Å². The van der Waals surface area contributed by atoms with E-state index in [1.54, 1.807) is 36.5 Å². The van der Waals surface area contributed by atoms with Gasteiger partial charge in [-0.15, -0.1) is 0 Å². The number of benzene rings is 2. The Kier molecular flexibility index (Phi) is 7.19. The van der Waals surface area contributed by atoms with Crippen LogP contribution in [-0.4, -0.2) is 23.3 Å². The van der Waals surface area contributed by atoms with Crippen LogP contribution in [0, 0.1) is 13.8 Å². The fourth-order valence-corrected chi connectivity index (χ4v) is 3.48. The molecule has 2 aromatic carbocycles. The van der Waals surface area contributed by atoms with Crippen molar-refractivity contribution in [3.8, 4) is 11.4 Å². The third-order valence-corrected chi connectivity index (χ3v) is 5.41. The summed E-state index contributed by atoms with van der Waals surface area (Å²) in [5, 5.41) is 5.10. The van der Waals surface area contributed by atoms with Gasteiger partial charge in [0.25, 0.3) is 5.91 Å². The molecule has 0 fully saturated rings. The lowest BCUT2D eigenvalue weighted by molar-refractivity contribution is 0.0955. The summed E-state index contributed by atoms with van der Waals surface area (Å²) in [4.78, 5) is 12.3. The molecule has 0 bridgehead atoms. The second-order valence-corrected chi connectivity index (χ2v) is 7.59. The number of hydrogen-bond donors (Lipinski definition) is 1. The molecule has 156 valence electrons. The quantitative estimate of drug-likeness (QED) is 0.362. The Balaban J connectivity index is 1.72. The smallest absolute Gasteiger partial charge is 0.271 e. The van der Waals surface area contributed by atoms with Crippen molar-refractivity contribution in [2.24, 2.45) is 5.10 Å². The van der Waals surface area contributed by atoms with Crippen LogP contribution in [0.5, 0.6) is 5.75 Å². The summed E-state index contributed by atoms with van der Waals surface area (Å²) in [6, 6.07) is 14.5. The summed E-state index contributed by atoms with van der Waals surface area (Å²) in [5.41, 5.74) is 6.65. The maximum atomic E-state index is 12.3. The highest BCUT2D eigenvalue weighted by atomic mass is 35.5. The van der Waals surface area contributed by atoms with E-state index in [2.05, 4.69) is 10.5 Å². The van der Waals surface area contributed by atoms with E-state index in [9.17, 15) is 4.79 Å². The number of carbonyl (C=O) groups is 1. The normalized spacial score (nSPS) is 11.1. The van der Waals surface area contributed by atoms with Crippen molar-refractivity contribution in [1.29, 1.82) is 0 Å². The minimum absolute atomic E-state index is 0.292. The average Bonchev–Trinajstić information content (AvgIpc) is 3.02. The molecule has 0 aliphatic heterocycles. The Morgan fingerprint density at radius 2 is 1.90 bits per heavy atom. The second-order valence-electron chi connectivity index (χ2n) is 6.81. The summed E-state index contributed by atoms with van der Waals surface area (Å²) < 4.78 is 7.53. The fraction of sp³-hybridized carbons (Fsp3) is 0.217. The lowest BCUT2D eigenvalue weighted by Crippen LogP contribution is -2.17. The van der Waals surface area contributed by atoms with Crippen molar-refractivity contribution in [3.63, 3.8) is 0 Å². The van der Waals surface area contributed by atoms with Crippen LogP contribution in [0.15, 0.2) is 53.6 Å². The molecule has 1 aromatic heterocycles. The number of halogens is 2. The van der Waals surface area contributed by atoms with E-state index in [4.69, 9.17) is 27.9 Å². The number of amides is 1. The lowest BCUT2D eigenvalue weighted by atomic mass is 10.2. The average molecular weight is 444 g/mol. The number of ether oxygens (including phenoxy) is 1. The van der Waals surface area contributed by atoms with Crippen LogP contribution in [-0.2, 0) is 0 Å². The molecule has 30 heavy (non-hydrogen) atoms. The zero-order valence-electron chi connectivity index (χ0n) is 17.1. The SMILES string of the molecule is CCCOc1ccc(C(=O)N/N=C/c2cc(C)n(-c3cccc(Cl)c3Cl)c2C)cc1. The maximum absolute atomic E-state index is 12.3. The summed E-state index contributed by atoms with van der Waals surface area (Å²) in [6.45, 7) is 6.63. The van der Waals surface area contributed by atoms with Crippen LogP contribution in [0.4, 0.5) is 0 Å². The molecule has 1 amide bonds. The van der Waals surface area contributed by atoms with Crippen molar-refractivity contribution < 1.29 is 9.53 Å². The van der Waals surface area contributed by atoms with E-state index in [0.717, 1.165) is 34.8 Å². The molecule has 3 aromatic rings. The molecular weight excluding hydrogens is 421 g/mol. The zero-order valence-corrected chi connectivity index (χ0v) is 18.6. The van der Waals surface area contributed by atoms with Gasteiger partial charge in [0.1, 0.15) is 5.75 Å². The minimum Gasteiger partial charge on any atom is -0.494 e. The van der Waals surface area contributed by atoms with Crippen LogP contribution < -0.4 is 10.2 Å². The molecule has 0 spiro atoms. The third-order valence-electron chi connectivity index (χ3n) is 4.60. The largest absolute Gasteiger partial charge is 0.494 e. The van der Waals surface area contributed by atoms with Crippen molar-refractivity contribution in [1.82, 2.24) is 9.99 Å².